The topological polar surface area (TPSA) is 80.8 Å². The highest BCUT2D eigenvalue weighted by Crippen LogP contribution is 2.63. The van der Waals surface area contributed by atoms with Gasteiger partial charge in [-0.05, 0) is 40.5 Å². The van der Waals surface area contributed by atoms with E-state index < -0.39 is 35.0 Å². The maximum atomic E-state index is 14.0. The highest BCUT2D eigenvalue weighted by molar-refractivity contribution is 6.34. The van der Waals surface area contributed by atoms with Crippen LogP contribution >= 0.6 is 11.6 Å². The molecule has 3 aromatic carbocycles. The molecule has 1 fully saturated rings. The Morgan fingerprint density at radius 1 is 0.971 bits per heavy atom. The molecular formula is C27H18ClNO5. The van der Waals surface area contributed by atoms with E-state index in [9.17, 15) is 19.2 Å². The molecule has 4 aliphatic rings. The van der Waals surface area contributed by atoms with Crippen molar-refractivity contribution in [3.63, 3.8) is 0 Å². The number of anilines is 1. The average Bonchev–Trinajstić information content (AvgIpc) is 3.14. The Bertz CT molecular complexity index is 1380. The molecule has 2 amide bonds. The first kappa shape index (κ1) is 20.8. The second-order valence-electron chi connectivity index (χ2n) is 8.81. The number of halogens is 1. The Hall–Kier alpha value is -3.77. The van der Waals surface area contributed by atoms with Crippen molar-refractivity contribution in [2.45, 2.75) is 11.3 Å². The number of methoxy groups -OCH3 is 1. The zero-order valence-electron chi connectivity index (χ0n) is 18.0. The SMILES string of the molecule is COC(=O)c1cc(N2C(=O)[C@@H]3C4c5ccccc5C(C=O)(c5ccccc54)[C@H]3C2=O)ccc1Cl. The van der Waals surface area contributed by atoms with Gasteiger partial charge in [0.25, 0.3) is 0 Å². The summed E-state index contributed by atoms with van der Waals surface area (Å²) in [7, 11) is 1.23. The molecule has 7 heteroatoms. The molecule has 0 N–H and O–H groups in total. The van der Waals surface area contributed by atoms with Gasteiger partial charge in [0.1, 0.15) is 6.29 Å². The highest BCUT2D eigenvalue weighted by Gasteiger charge is 2.68. The zero-order chi connectivity index (χ0) is 23.8. The maximum Gasteiger partial charge on any atom is 0.339 e. The van der Waals surface area contributed by atoms with Gasteiger partial charge in [-0.15, -0.1) is 0 Å². The van der Waals surface area contributed by atoms with Crippen LogP contribution in [0.4, 0.5) is 5.69 Å². The van der Waals surface area contributed by atoms with E-state index >= 15 is 0 Å². The summed E-state index contributed by atoms with van der Waals surface area (Å²) in [6.07, 6.45) is 0.828. The predicted molar refractivity (Wildman–Crippen MR) is 124 cm³/mol. The summed E-state index contributed by atoms with van der Waals surface area (Å²) in [6, 6.07) is 19.5. The second-order valence-corrected chi connectivity index (χ2v) is 9.22. The molecule has 2 atom stereocenters. The van der Waals surface area contributed by atoms with Crippen LogP contribution < -0.4 is 4.90 Å². The predicted octanol–water partition coefficient (Wildman–Crippen LogP) is 3.88. The third-order valence-corrected chi connectivity index (χ3v) is 7.81. The summed E-state index contributed by atoms with van der Waals surface area (Å²) in [5.74, 6) is -3.51. The molecule has 3 aliphatic carbocycles. The fraction of sp³-hybridized carbons (Fsp3) is 0.185. The van der Waals surface area contributed by atoms with Gasteiger partial charge in [0.2, 0.25) is 11.8 Å². The largest absolute Gasteiger partial charge is 0.465 e. The van der Waals surface area contributed by atoms with Crippen molar-refractivity contribution < 1.29 is 23.9 Å². The van der Waals surface area contributed by atoms with Gasteiger partial charge < -0.3 is 9.53 Å². The van der Waals surface area contributed by atoms with Crippen molar-refractivity contribution in [2.24, 2.45) is 11.8 Å². The van der Waals surface area contributed by atoms with Gasteiger partial charge in [-0.25, -0.2) is 9.69 Å². The van der Waals surface area contributed by atoms with Crippen LogP contribution in [0.3, 0.4) is 0 Å². The minimum Gasteiger partial charge on any atom is -0.465 e. The molecule has 0 unspecified atom stereocenters. The number of nitrogens with zero attached hydrogens (tertiary/aromatic N) is 1. The lowest BCUT2D eigenvalue weighted by atomic mass is 9.48. The first-order valence-corrected chi connectivity index (χ1v) is 11.2. The van der Waals surface area contributed by atoms with Gasteiger partial charge in [0, 0.05) is 5.92 Å². The number of hydrogen-bond donors (Lipinski definition) is 0. The molecule has 0 radical (unpaired) electrons. The minimum absolute atomic E-state index is 0.0526. The van der Waals surface area contributed by atoms with E-state index in [1.165, 1.54) is 25.3 Å². The quantitative estimate of drug-likeness (QED) is 0.329. The van der Waals surface area contributed by atoms with Crippen molar-refractivity contribution >= 4 is 41.4 Å². The molecule has 34 heavy (non-hydrogen) atoms. The molecular weight excluding hydrogens is 454 g/mol. The fourth-order valence-electron chi connectivity index (χ4n) is 6.20. The van der Waals surface area contributed by atoms with E-state index in [4.69, 9.17) is 16.3 Å². The van der Waals surface area contributed by atoms with Gasteiger partial charge in [0.15, 0.2) is 0 Å². The van der Waals surface area contributed by atoms with Gasteiger partial charge in [-0.3, -0.25) is 9.59 Å². The third-order valence-electron chi connectivity index (χ3n) is 7.48. The lowest BCUT2D eigenvalue weighted by Gasteiger charge is -2.51. The molecule has 1 saturated heterocycles. The van der Waals surface area contributed by atoms with Crippen molar-refractivity contribution in [3.8, 4) is 0 Å². The summed E-state index contributed by atoms with van der Waals surface area (Å²) in [5.41, 5.74) is 2.33. The van der Waals surface area contributed by atoms with E-state index in [0.717, 1.165) is 33.4 Å². The van der Waals surface area contributed by atoms with Crippen LogP contribution in [0.15, 0.2) is 66.7 Å². The van der Waals surface area contributed by atoms with Crippen LogP contribution in [0.25, 0.3) is 0 Å². The van der Waals surface area contributed by atoms with E-state index in [0.29, 0.717) is 0 Å². The highest BCUT2D eigenvalue weighted by atomic mass is 35.5. The number of carbonyl (C=O) groups is 4. The van der Waals surface area contributed by atoms with E-state index in [1.807, 2.05) is 48.5 Å². The molecule has 6 nitrogen and oxygen atoms in total. The number of amides is 2. The zero-order valence-corrected chi connectivity index (χ0v) is 18.8. The summed E-state index contributed by atoms with van der Waals surface area (Å²) in [4.78, 5) is 54.1. The number of aldehydes is 1. The average molecular weight is 472 g/mol. The van der Waals surface area contributed by atoms with Crippen LogP contribution in [0.5, 0.6) is 0 Å². The molecule has 1 aliphatic heterocycles. The van der Waals surface area contributed by atoms with E-state index in [1.54, 1.807) is 0 Å². The second kappa shape index (κ2) is 7.11. The first-order valence-electron chi connectivity index (χ1n) is 10.9. The third kappa shape index (κ3) is 2.36. The van der Waals surface area contributed by atoms with Crippen molar-refractivity contribution in [3.05, 3.63) is 99.6 Å². The molecule has 0 spiro atoms. The lowest BCUT2D eigenvalue weighted by Crippen LogP contribution is -2.54. The molecule has 3 aromatic rings. The molecule has 7 rings (SSSR count). The van der Waals surface area contributed by atoms with Crippen LogP contribution in [-0.4, -0.2) is 31.2 Å². The standard InChI is InChI=1S/C27H18ClNO5/c1-34-26(33)17-12-14(10-11-20(17)28)29-24(31)22-21-15-6-2-4-8-18(15)27(13-30,23(22)25(29)32)19-9-5-3-7-16(19)21/h2-13,21-23H,1H3/t21?,22-,23-,27?/m1/s1. The Labute approximate surface area is 200 Å². The number of benzene rings is 3. The van der Waals surface area contributed by atoms with Crippen LogP contribution in [-0.2, 0) is 24.5 Å². The van der Waals surface area contributed by atoms with Crippen molar-refractivity contribution in [1.82, 2.24) is 0 Å². The van der Waals surface area contributed by atoms with Gasteiger partial charge >= 0.3 is 5.97 Å². The summed E-state index contributed by atoms with van der Waals surface area (Å²) in [5, 5.41) is 0.149. The van der Waals surface area contributed by atoms with Gasteiger partial charge in [-0.2, -0.15) is 0 Å². The first-order chi connectivity index (χ1) is 16.5. The van der Waals surface area contributed by atoms with Crippen LogP contribution in [0.2, 0.25) is 5.02 Å². The number of imide groups is 1. The molecule has 2 bridgehead atoms. The minimum atomic E-state index is -1.27. The Kier molecular flexibility index (Phi) is 4.35. The molecule has 0 aromatic heterocycles. The monoisotopic (exact) mass is 471 g/mol. The number of esters is 1. The van der Waals surface area contributed by atoms with E-state index in [-0.39, 0.29) is 22.2 Å². The smallest absolute Gasteiger partial charge is 0.339 e. The molecule has 1 heterocycles. The number of rotatable bonds is 3. The number of carbonyl (C=O) groups excluding carboxylic acids is 4. The van der Waals surface area contributed by atoms with Crippen LogP contribution in [0.1, 0.15) is 38.5 Å². The van der Waals surface area contributed by atoms with Gasteiger partial charge in [-0.1, -0.05) is 60.1 Å². The summed E-state index contributed by atoms with van der Waals surface area (Å²) >= 11 is 6.16. The summed E-state index contributed by atoms with van der Waals surface area (Å²) < 4.78 is 4.79. The van der Waals surface area contributed by atoms with Crippen LogP contribution in [0, 0.1) is 11.8 Å². The molecule has 168 valence electrons. The normalized spacial score (nSPS) is 26.1. The van der Waals surface area contributed by atoms with Gasteiger partial charge in [0.05, 0.1) is 40.6 Å². The maximum absolute atomic E-state index is 14.0. The Morgan fingerprint density at radius 3 is 2.18 bits per heavy atom. The lowest BCUT2D eigenvalue weighted by molar-refractivity contribution is -0.128. The van der Waals surface area contributed by atoms with Crippen molar-refractivity contribution in [2.75, 3.05) is 12.0 Å². The number of ether oxygens (including phenoxy) is 1. The number of hydrogen-bond acceptors (Lipinski definition) is 5. The summed E-state index contributed by atoms with van der Waals surface area (Å²) in [6.45, 7) is 0. The Balaban J connectivity index is 1.58. The fourth-order valence-corrected chi connectivity index (χ4v) is 6.40. The Morgan fingerprint density at radius 2 is 1.59 bits per heavy atom. The van der Waals surface area contributed by atoms with E-state index in [2.05, 4.69) is 0 Å². The molecule has 0 saturated carbocycles. The van der Waals surface area contributed by atoms with Crippen molar-refractivity contribution in [1.29, 1.82) is 0 Å².